The highest BCUT2D eigenvalue weighted by Gasteiger charge is 2.37. The number of nitrogens with one attached hydrogen (secondary N) is 1. The molecule has 1 saturated heterocycles. The molecule has 0 aromatic carbocycles. The Kier molecular flexibility index (Phi) is 6.45. The number of β-amino-alcohol motifs (C(OH)–C–C–N with tert-alkyl or cyclic N) is 1. The minimum atomic E-state index is -1.76. The first-order valence-corrected chi connectivity index (χ1v) is 13.3. The van der Waals surface area contributed by atoms with Gasteiger partial charge in [-0.15, -0.1) is 0 Å². The summed E-state index contributed by atoms with van der Waals surface area (Å²) in [5.41, 5.74) is 0.842. The average molecular weight is 472 g/mol. The molecule has 156 valence electrons. The Balaban J connectivity index is 1.56. The van der Waals surface area contributed by atoms with Crippen molar-refractivity contribution in [1.82, 2.24) is 19.9 Å². The monoisotopic (exact) mass is 471 g/mol. The smallest absolute Gasteiger partial charge is 0.298 e. The first kappa shape index (κ1) is 21.6. The zero-order chi connectivity index (χ0) is 20.5. The number of aromatic nitrogens is 3. The van der Waals surface area contributed by atoms with Crippen molar-refractivity contribution in [1.29, 1.82) is 0 Å². The van der Waals surface area contributed by atoms with E-state index < -0.39 is 14.4 Å². The van der Waals surface area contributed by atoms with Crippen LogP contribution in [0.4, 0.5) is 6.01 Å². The molecule has 0 saturated carbocycles. The minimum Gasteiger partial charge on any atom is -0.416 e. The topological polar surface area (TPSA) is 96.5 Å². The van der Waals surface area contributed by atoms with Gasteiger partial charge in [0, 0.05) is 32.3 Å². The van der Waals surface area contributed by atoms with Gasteiger partial charge in [-0.05, 0) is 40.5 Å². The van der Waals surface area contributed by atoms with Crippen LogP contribution in [-0.4, -0.2) is 71.7 Å². The largest absolute Gasteiger partial charge is 0.416 e. The van der Waals surface area contributed by atoms with Crippen molar-refractivity contribution >= 4 is 41.6 Å². The molecule has 1 aliphatic heterocycles. The molecule has 2 aromatic rings. The fraction of sp³-hybridized carbons (Fsp3) is 0.722. The first-order valence-electron chi connectivity index (χ1n) is 9.63. The molecule has 10 heteroatoms. The average Bonchev–Trinajstić information content (AvgIpc) is 2.94. The summed E-state index contributed by atoms with van der Waals surface area (Å²) in [6, 6.07) is 0.415. The lowest BCUT2D eigenvalue weighted by Gasteiger charge is -2.39. The summed E-state index contributed by atoms with van der Waals surface area (Å²) in [4.78, 5) is 15.0. The number of aliphatic hydroxyl groups excluding tert-OH is 1. The molecule has 0 spiro atoms. The number of aliphatic hydroxyl groups is 1. The fourth-order valence-corrected chi connectivity index (χ4v) is 4.34. The third-order valence-corrected chi connectivity index (χ3v) is 10.5. The number of likely N-dealkylation sites (tertiary alicyclic amines) is 1. The Hall–Kier alpha value is -1.07. The summed E-state index contributed by atoms with van der Waals surface area (Å²) >= 11 is 3.28. The highest BCUT2D eigenvalue weighted by molar-refractivity contribution is 9.10. The Morgan fingerprint density at radius 3 is 2.82 bits per heavy atom. The van der Waals surface area contributed by atoms with Gasteiger partial charge in [0.2, 0.25) is 5.65 Å². The Labute approximate surface area is 175 Å². The Morgan fingerprint density at radius 1 is 1.36 bits per heavy atom. The highest BCUT2D eigenvalue weighted by atomic mass is 79.9. The summed E-state index contributed by atoms with van der Waals surface area (Å²) in [6.07, 6.45) is 1.82. The molecular formula is C18H30BrN5O3Si. The van der Waals surface area contributed by atoms with E-state index in [9.17, 15) is 5.11 Å². The van der Waals surface area contributed by atoms with Crippen LogP contribution in [0.15, 0.2) is 15.2 Å². The van der Waals surface area contributed by atoms with E-state index in [1.807, 2.05) is 0 Å². The second-order valence-electron chi connectivity index (χ2n) is 8.94. The number of halogens is 1. The van der Waals surface area contributed by atoms with E-state index in [-0.39, 0.29) is 11.1 Å². The maximum absolute atomic E-state index is 10.3. The van der Waals surface area contributed by atoms with Gasteiger partial charge < -0.3 is 19.3 Å². The van der Waals surface area contributed by atoms with Gasteiger partial charge in [-0.1, -0.05) is 20.8 Å². The van der Waals surface area contributed by atoms with Gasteiger partial charge in [0.25, 0.3) is 11.7 Å². The zero-order valence-corrected chi connectivity index (χ0v) is 19.8. The van der Waals surface area contributed by atoms with Crippen LogP contribution in [-0.2, 0) is 4.43 Å². The van der Waals surface area contributed by atoms with Crippen LogP contribution < -0.4 is 5.32 Å². The van der Waals surface area contributed by atoms with Crippen LogP contribution in [0.3, 0.4) is 0 Å². The van der Waals surface area contributed by atoms with Crippen molar-refractivity contribution in [3.63, 3.8) is 0 Å². The normalized spacial score (nSPS) is 22.0. The van der Waals surface area contributed by atoms with Crippen LogP contribution in [0.1, 0.15) is 27.2 Å². The van der Waals surface area contributed by atoms with E-state index in [1.165, 1.54) is 0 Å². The van der Waals surface area contributed by atoms with Gasteiger partial charge >= 0.3 is 0 Å². The second-order valence-corrected chi connectivity index (χ2v) is 14.6. The van der Waals surface area contributed by atoms with E-state index >= 15 is 0 Å². The lowest BCUT2D eigenvalue weighted by Crippen LogP contribution is -2.50. The molecule has 2 aromatic heterocycles. The molecule has 0 radical (unpaired) electrons. The van der Waals surface area contributed by atoms with E-state index in [1.54, 1.807) is 6.20 Å². The number of anilines is 1. The van der Waals surface area contributed by atoms with Crippen LogP contribution in [0, 0.1) is 0 Å². The van der Waals surface area contributed by atoms with Crippen LogP contribution in [0.25, 0.3) is 11.4 Å². The lowest BCUT2D eigenvalue weighted by atomic mass is 10.0. The number of nitrogens with zero attached hydrogens (tertiary/aromatic N) is 4. The molecule has 0 bridgehead atoms. The Bertz CT molecular complexity index is 810. The molecule has 3 rings (SSSR count). The maximum Gasteiger partial charge on any atom is 0.298 e. The van der Waals surface area contributed by atoms with Gasteiger partial charge in [-0.3, -0.25) is 4.90 Å². The quantitative estimate of drug-likeness (QED) is 0.619. The van der Waals surface area contributed by atoms with Crippen LogP contribution in [0.2, 0.25) is 18.1 Å². The predicted molar refractivity (Wildman–Crippen MR) is 115 cm³/mol. The highest BCUT2D eigenvalue weighted by Crippen LogP contribution is 2.36. The predicted octanol–water partition coefficient (Wildman–Crippen LogP) is 3.25. The van der Waals surface area contributed by atoms with E-state index in [4.69, 9.17) is 8.84 Å². The van der Waals surface area contributed by atoms with Gasteiger partial charge in [-0.2, -0.15) is 4.98 Å². The summed E-state index contributed by atoms with van der Waals surface area (Å²) in [7, 11) is -1.76. The van der Waals surface area contributed by atoms with Crippen molar-refractivity contribution in [2.75, 3.05) is 31.6 Å². The van der Waals surface area contributed by atoms with E-state index in [0.717, 1.165) is 13.1 Å². The van der Waals surface area contributed by atoms with Crippen molar-refractivity contribution in [2.45, 2.75) is 57.5 Å². The van der Waals surface area contributed by atoms with Crippen molar-refractivity contribution in [3.05, 3.63) is 10.8 Å². The van der Waals surface area contributed by atoms with Crippen molar-refractivity contribution in [2.24, 2.45) is 0 Å². The third-order valence-electron chi connectivity index (χ3n) is 5.60. The second kappa shape index (κ2) is 8.35. The van der Waals surface area contributed by atoms with Crippen molar-refractivity contribution in [3.8, 4) is 0 Å². The molecular weight excluding hydrogens is 442 g/mol. The van der Waals surface area contributed by atoms with Gasteiger partial charge in [-0.25, -0.2) is 9.97 Å². The molecule has 0 unspecified atom stereocenters. The summed E-state index contributed by atoms with van der Waals surface area (Å²) in [6.45, 7) is 14.2. The first-order chi connectivity index (χ1) is 13.0. The number of rotatable bonds is 6. The molecule has 0 amide bonds. The number of hydrogen-bond acceptors (Lipinski definition) is 8. The third kappa shape index (κ3) is 5.29. The standard InChI is InChI=1S/C18H30BrN5O3Si/c1-18(2,3)28(4,5)26-7-6-24-10-12(8-13(25)11-24)21-17-23-15-16(27-17)20-9-14(19)22-15/h9,12-13,25H,6-8,10-11H2,1-5H3,(H,21,22,23)/t12-,13+/m1/s1. The SMILES string of the molecule is CC(C)(C)[Si](C)(C)OCCN1C[C@@H](O)C[C@@H](Nc2nc3nc(Br)cnc3o2)C1. The van der Waals surface area contributed by atoms with Crippen LogP contribution >= 0.6 is 15.9 Å². The molecule has 8 nitrogen and oxygen atoms in total. The summed E-state index contributed by atoms with van der Waals surface area (Å²) < 4.78 is 12.5. The molecule has 0 aliphatic carbocycles. The number of oxazole rings is 1. The van der Waals surface area contributed by atoms with Crippen LogP contribution in [0.5, 0.6) is 0 Å². The maximum atomic E-state index is 10.3. The minimum absolute atomic E-state index is 0.0353. The van der Waals surface area contributed by atoms with E-state index in [2.05, 4.69) is 75.0 Å². The summed E-state index contributed by atoms with van der Waals surface area (Å²) in [5, 5.41) is 13.8. The Morgan fingerprint density at radius 2 is 2.11 bits per heavy atom. The zero-order valence-electron chi connectivity index (χ0n) is 17.2. The van der Waals surface area contributed by atoms with Gasteiger partial charge in [0.05, 0.1) is 12.3 Å². The molecule has 2 N–H and O–H groups in total. The van der Waals surface area contributed by atoms with E-state index in [0.29, 0.717) is 41.6 Å². The molecule has 1 fully saturated rings. The number of piperidine rings is 1. The molecule has 1 aliphatic rings. The van der Waals surface area contributed by atoms with Crippen molar-refractivity contribution < 1.29 is 13.9 Å². The molecule has 2 atom stereocenters. The number of fused-ring (bicyclic) bond motifs is 1. The lowest BCUT2D eigenvalue weighted by molar-refractivity contribution is 0.0556. The molecule has 28 heavy (non-hydrogen) atoms. The number of hydrogen-bond donors (Lipinski definition) is 2. The fourth-order valence-electron chi connectivity index (χ4n) is 3.03. The molecule has 3 heterocycles. The van der Waals surface area contributed by atoms with Gasteiger partial charge in [0.1, 0.15) is 4.60 Å². The van der Waals surface area contributed by atoms with Gasteiger partial charge in [0.15, 0.2) is 8.32 Å². The summed E-state index contributed by atoms with van der Waals surface area (Å²) in [5.74, 6) is 0.